The van der Waals surface area contributed by atoms with Gasteiger partial charge in [0.1, 0.15) is 5.82 Å². The summed E-state index contributed by atoms with van der Waals surface area (Å²) >= 11 is 0. The van der Waals surface area contributed by atoms with E-state index >= 15 is 0 Å². The minimum absolute atomic E-state index is 0.0501. The summed E-state index contributed by atoms with van der Waals surface area (Å²) in [7, 11) is 0. The van der Waals surface area contributed by atoms with Crippen molar-refractivity contribution in [3.63, 3.8) is 0 Å². The van der Waals surface area contributed by atoms with Gasteiger partial charge in [-0.3, -0.25) is 9.80 Å². The molecule has 25 heavy (non-hydrogen) atoms. The van der Waals surface area contributed by atoms with Crippen LogP contribution in [0.4, 0.5) is 0 Å². The third-order valence-electron chi connectivity index (χ3n) is 5.14. The second kappa shape index (κ2) is 6.84. The molecule has 1 N–H and O–H groups in total. The predicted molar refractivity (Wildman–Crippen MR) is 98.4 cm³/mol. The van der Waals surface area contributed by atoms with Crippen LogP contribution in [0.2, 0.25) is 0 Å². The number of hydrogen-bond donors (Lipinski definition) is 1. The van der Waals surface area contributed by atoms with Crippen LogP contribution in [0.1, 0.15) is 37.8 Å². The first-order valence-electron chi connectivity index (χ1n) is 9.08. The van der Waals surface area contributed by atoms with E-state index in [4.69, 9.17) is 0 Å². The van der Waals surface area contributed by atoms with E-state index in [0.717, 1.165) is 30.8 Å². The summed E-state index contributed by atoms with van der Waals surface area (Å²) in [6.45, 7) is 3.69. The number of carbonyl (C=O) groups is 1. The first-order valence-corrected chi connectivity index (χ1v) is 9.08. The molecule has 1 aromatic rings. The van der Waals surface area contributed by atoms with Gasteiger partial charge in [-0.1, -0.05) is 43.7 Å². The zero-order valence-electron chi connectivity index (χ0n) is 14.6. The Kier molecular flexibility index (Phi) is 4.40. The third kappa shape index (κ3) is 3.12. The number of amides is 1. The monoisotopic (exact) mass is 336 g/mol. The van der Waals surface area contributed by atoms with Crippen molar-refractivity contribution in [1.29, 1.82) is 0 Å². The van der Waals surface area contributed by atoms with Crippen molar-refractivity contribution in [3.05, 3.63) is 59.6 Å². The van der Waals surface area contributed by atoms with Crippen LogP contribution in [-0.4, -0.2) is 35.1 Å². The molecular weight excluding hydrogens is 312 g/mol. The molecule has 2 unspecified atom stereocenters. The number of rotatable bonds is 5. The Labute approximate surface area is 148 Å². The molecule has 5 nitrogen and oxygen atoms in total. The number of likely N-dealkylation sites (tertiary alicyclic amines) is 1. The van der Waals surface area contributed by atoms with E-state index in [0.29, 0.717) is 18.9 Å². The highest BCUT2D eigenvalue weighted by Gasteiger charge is 2.36. The third-order valence-corrected chi connectivity index (χ3v) is 5.14. The molecule has 0 aromatic heterocycles. The van der Waals surface area contributed by atoms with Gasteiger partial charge in [0, 0.05) is 37.5 Å². The van der Waals surface area contributed by atoms with Gasteiger partial charge in [-0.05, 0) is 24.0 Å². The topological polar surface area (TPSA) is 47.9 Å². The molecule has 130 valence electrons. The Balaban J connectivity index is 1.61. The highest BCUT2D eigenvalue weighted by atomic mass is 16.2. The number of hydrazine groups is 1. The number of hydrogen-bond acceptors (Lipinski definition) is 4. The smallest absolute Gasteiger partial charge is 0.223 e. The number of nitrogens with one attached hydrogen (secondary N) is 1. The fourth-order valence-corrected chi connectivity index (χ4v) is 3.96. The fraction of sp³-hybridized carbons (Fsp3) is 0.400. The van der Waals surface area contributed by atoms with Gasteiger partial charge < -0.3 is 4.90 Å². The average Bonchev–Trinajstić information content (AvgIpc) is 3.17. The number of nitrogens with zero attached hydrogens (tertiary/aromatic N) is 3. The Hall–Kier alpha value is -2.40. The molecule has 0 aliphatic carbocycles. The molecule has 3 aliphatic rings. The minimum atomic E-state index is 0.0501. The van der Waals surface area contributed by atoms with Crippen LogP contribution in [0.3, 0.4) is 0 Å². The van der Waals surface area contributed by atoms with Gasteiger partial charge in [-0.25, -0.2) is 10.4 Å². The standard InChI is InChI=1S/C20H24N4O/c1-2-7-15-12-18(25)23(13-15)14-17-19(16-8-4-3-5-9-16)22-24-11-6-10-21-20(17)24/h3-6,8-11,15,19,22H,2,7,12-14H2,1H3. The van der Waals surface area contributed by atoms with Crippen LogP contribution < -0.4 is 5.43 Å². The van der Waals surface area contributed by atoms with Crippen LogP contribution in [0.15, 0.2) is 59.0 Å². The zero-order chi connectivity index (χ0) is 17.2. The van der Waals surface area contributed by atoms with Gasteiger partial charge in [-0.15, -0.1) is 0 Å². The Morgan fingerprint density at radius 2 is 2.12 bits per heavy atom. The van der Waals surface area contributed by atoms with Gasteiger partial charge in [0.25, 0.3) is 0 Å². The normalized spacial score (nSPS) is 25.2. The molecule has 5 heteroatoms. The lowest BCUT2D eigenvalue weighted by atomic mass is 9.99. The van der Waals surface area contributed by atoms with Crippen molar-refractivity contribution in [3.8, 4) is 0 Å². The zero-order valence-corrected chi connectivity index (χ0v) is 14.6. The summed E-state index contributed by atoms with van der Waals surface area (Å²) in [5.41, 5.74) is 5.86. The maximum atomic E-state index is 12.5. The molecule has 1 aromatic carbocycles. The molecule has 2 atom stereocenters. The van der Waals surface area contributed by atoms with Crippen molar-refractivity contribution in [2.24, 2.45) is 10.9 Å². The molecule has 1 amide bonds. The first kappa shape index (κ1) is 16.1. The lowest BCUT2D eigenvalue weighted by Crippen LogP contribution is -2.31. The number of aliphatic imine (C=N–C) groups is 1. The maximum absolute atomic E-state index is 12.5. The number of benzene rings is 1. The number of carbonyl (C=O) groups excluding carboxylic acids is 1. The average molecular weight is 336 g/mol. The number of fused-ring (bicyclic) bond motifs is 1. The summed E-state index contributed by atoms with van der Waals surface area (Å²) in [5, 5.41) is 1.97. The number of allylic oxidation sites excluding steroid dienone is 1. The summed E-state index contributed by atoms with van der Waals surface area (Å²) in [6, 6.07) is 10.4. The summed E-state index contributed by atoms with van der Waals surface area (Å²) in [6.07, 6.45) is 8.66. The molecule has 4 rings (SSSR count). The summed E-state index contributed by atoms with van der Waals surface area (Å²) in [5.74, 6) is 1.69. The molecule has 3 aliphatic heterocycles. The van der Waals surface area contributed by atoms with E-state index in [2.05, 4.69) is 29.5 Å². The van der Waals surface area contributed by atoms with Crippen molar-refractivity contribution in [2.75, 3.05) is 13.1 Å². The van der Waals surface area contributed by atoms with Crippen LogP contribution in [0.25, 0.3) is 0 Å². The molecular formula is C20H24N4O. The van der Waals surface area contributed by atoms with Crippen LogP contribution >= 0.6 is 0 Å². The van der Waals surface area contributed by atoms with Crippen molar-refractivity contribution < 1.29 is 4.79 Å². The van der Waals surface area contributed by atoms with E-state index in [1.54, 1.807) is 0 Å². The highest BCUT2D eigenvalue weighted by molar-refractivity contribution is 5.79. The quantitative estimate of drug-likeness (QED) is 0.899. The van der Waals surface area contributed by atoms with E-state index in [-0.39, 0.29) is 11.9 Å². The van der Waals surface area contributed by atoms with E-state index in [1.165, 1.54) is 5.56 Å². The lowest BCUT2D eigenvalue weighted by Gasteiger charge is -2.21. The molecule has 1 fully saturated rings. The van der Waals surface area contributed by atoms with Crippen LogP contribution in [0.5, 0.6) is 0 Å². The highest BCUT2D eigenvalue weighted by Crippen LogP contribution is 2.35. The Morgan fingerprint density at radius 1 is 1.28 bits per heavy atom. The van der Waals surface area contributed by atoms with Crippen molar-refractivity contribution in [2.45, 2.75) is 32.2 Å². The van der Waals surface area contributed by atoms with E-state index in [1.807, 2.05) is 46.6 Å². The lowest BCUT2D eigenvalue weighted by molar-refractivity contribution is -0.127. The molecule has 0 radical (unpaired) electrons. The first-order chi connectivity index (χ1) is 12.3. The van der Waals surface area contributed by atoms with E-state index in [9.17, 15) is 4.79 Å². The predicted octanol–water partition coefficient (Wildman–Crippen LogP) is 3.01. The molecule has 0 bridgehead atoms. The molecule has 0 saturated carbocycles. The molecule has 0 spiro atoms. The Bertz CT molecular complexity index is 737. The maximum Gasteiger partial charge on any atom is 0.223 e. The van der Waals surface area contributed by atoms with Crippen molar-refractivity contribution in [1.82, 2.24) is 15.3 Å². The summed E-state index contributed by atoms with van der Waals surface area (Å²) < 4.78 is 0. The van der Waals surface area contributed by atoms with Crippen LogP contribution in [-0.2, 0) is 4.79 Å². The van der Waals surface area contributed by atoms with Gasteiger partial charge in [0.15, 0.2) is 0 Å². The minimum Gasteiger partial charge on any atom is -0.338 e. The molecule has 1 saturated heterocycles. The van der Waals surface area contributed by atoms with Crippen molar-refractivity contribution >= 4 is 12.1 Å². The second-order valence-corrected chi connectivity index (χ2v) is 6.94. The van der Waals surface area contributed by atoms with Gasteiger partial charge in [0.05, 0.1) is 6.04 Å². The van der Waals surface area contributed by atoms with Crippen LogP contribution in [0, 0.1) is 5.92 Å². The summed E-state index contributed by atoms with van der Waals surface area (Å²) in [4.78, 5) is 19.0. The second-order valence-electron chi connectivity index (χ2n) is 6.94. The van der Waals surface area contributed by atoms with E-state index < -0.39 is 0 Å². The largest absolute Gasteiger partial charge is 0.338 e. The van der Waals surface area contributed by atoms with Gasteiger partial charge in [-0.2, -0.15) is 0 Å². The Morgan fingerprint density at radius 3 is 2.92 bits per heavy atom. The molecule has 3 heterocycles. The van der Waals surface area contributed by atoms with Gasteiger partial charge in [0.2, 0.25) is 5.91 Å². The fourth-order valence-electron chi connectivity index (χ4n) is 3.96. The van der Waals surface area contributed by atoms with Gasteiger partial charge >= 0.3 is 0 Å². The SMILES string of the molecule is CCCC1CC(=O)N(CC2=C3N=CC=CN3NC2c2ccccc2)C1.